The average Bonchev–Trinajstić information content (AvgIpc) is 2.80. The Kier molecular flexibility index (Phi) is 6.59. The lowest BCUT2D eigenvalue weighted by atomic mass is 9.66. The molecular formula is C23H21NO7. The second kappa shape index (κ2) is 9.34. The van der Waals surface area contributed by atoms with Gasteiger partial charge in [0.2, 0.25) is 0 Å². The number of carbonyl (C=O) groups is 5. The highest BCUT2D eigenvalue weighted by molar-refractivity contribution is 6.25. The van der Waals surface area contributed by atoms with Crippen LogP contribution < -0.4 is 5.32 Å². The third-order valence-corrected chi connectivity index (χ3v) is 5.30. The third kappa shape index (κ3) is 4.23. The van der Waals surface area contributed by atoms with Crippen LogP contribution in [-0.2, 0) is 28.7 Å². The van der Waals surface area contributed by atoms with Crippen LogP contribution in [0.1, 0.15) is 21.8 Å². The highest BCUT2D eigenvalue weighted by Gasteiger charge is 2.56. The molecule has 2 aromatic carbocycles. The van der Waals surface area contributed by atoms with E-state index in [9.17, 15) is 24.0 Å². The molecule has 0 bridgehead atoms. The van der Waals surface area contributed by atoms with Gasteiger partial charge in [0, 0.05) is 11.5 Å². The Morgan fingerprint density at radius 1 is 0.774 bits per heavy atom. The first-order valence-corrected chi connectivity index (χ1v) is 9.54. The van der Waals surface area contributed by atoms with Crippen molar-refractivity contribution in [3.63, 3.8) is 0 Å². The molecule has 2 unspecified atom stereocenters. The molecule has 4 atom stereocenters. The van der Waals surface area contributed by atoms with Gasteiger partial charge in [-0.15, -0.1) is 0 Å². The zero-order valence-corrected chi connectivity index (χ0v) is 16.9. The van der Waals surface area contributed by atoms with E-state index in [0.29, 0.717) is 5.56 Å². The average molecular weight is 423 g/mol. The number of benzene rings is 2. The molecule has 1 amide bonds. The van der Waals surface area contributed by atoms with Crippen molar-refractivity contribution in [1.82, 2.24) is 5.32 Å². The number of esters is 2. The van der Waals surface area contributed by atoms with E-state index >= 15 is 0 Å². The number of ketones is 2. The van der Waals surface area contributed by atoms with Crippen LogP contribution in [0.25, 0.3) is 0 Å². The minimum Gasteiger partial charge on any atom is -0.468 e. The van der Waals surface area contributed by atoms with Crippen LogP contribution in [0.5, 0.6) is 0 Å². The molecule has 1 aliphatic rings. The molecule has 0 spiro atoms. The van der Waals surface area contributed by atoms with Crippen LogP contribution in [0.3, 0.4) is 0 Å². The summed E-state index contributed by atoms with van der Waals surface area (Å²) in [6, 6.07) is 15.2. The Hall–Kier alpha value is -3.81. The van der Waals surface area contributed by atoms with E-state index in [0.717, 1.165) is 14.2 Å². The largest absolute Gasteiger partial charge is 0.468 e. The Bertz CT molecular complexity index is 1000. The van der Waals surface area contributed by atoms with Gasteiger partial charge < -0.3 is 14.8 Å². The molecule has 0 aliphatic heterocycles. The Labute approximate surface area is 178 Å². The molecular weight excluding hydrogens is 402 g/mol. The van der Waals surface area contributed by atoms with Crippen molar-refractivity contribution in [2.24, 2.45) is 11.8 Å². The molecule has 8 nitrogen and oxygen atoms in total. The SMILES string of the molecule is COC(=O)C1C(=O)C(C(=O)OC)[C@@H](c2ccccc2)[C@H](NC(=O)c2ccccc2)C1=O. The van der Waals surface area contributed by atoms with Crippen molar-refractivity contribution in [3.8, 4) is 0 Å². The van der Waals surface area contributed by atoms with Gasteiger partial charge in [0.05, 0.1) is 20.3 Å². The highest BCUT2D eigenvalue weighted by Crippen LogP contribution is 2.38. The second-order valence-corrected chi connectivity index (χ2v) is 7.02. The van der Waals surface area contributed by atoms with Crippen LogP contribution in [0, 0.1) is 11.8 Å². The fraction of sp³-hybridized carbons (Fsp3) is 0.261. The second-order valence-electron chi connectivity index (χ2n) is 7.02. The minimum absolute atomic E-state index is 0.281. The lowest BCUT2D eigenvalue weighted by molar-refractivity contribution is -0.162. The van der Waals surface area contributed by atoms with Gasteiger partial charge in [0.15, 0.2) is 17.5 Å². The van der Waals surface area contributed by atoms with E-state index in [1.165, 1.54) is 0 Å². The van der Waals surface area contributed by atoms with E-state index < -0.39 is 53.2 Å². The molecule has 0 heterocycles. The van der Waals surface area contributed by atoms with E-state index in [2.05, 4.69) is 10.1 Å². The number of ether oxygens (including phenoxy) is 2. The quantitative estimate of drug-likeness (QED) is 0.569. The van der Waals surface area contributed by atoms with Gasteiger partial charge in [-0.05, 0) is 17.7 Å². The van der Waals surface area contributed by atoms with Gasteiger partial charge in [-0.2, -0.15) is 0 Å². The molecule has 1 aliphatic carbocycles. The number of Topliss-reactive ketones (excluding diaryl/α,β-unsaturated/α-hetero) is 2. The lowest BCUT2D eigenvalue weighted by Crippen LogP contribution is -2.60. The van der Waals surface area contributed by atoms with Crippen molar-refractivity contribution in [1.29, 1.82) is 0 Å². The summed E-state index contributed by atoms with van der Waals surface area (Å²) in [5.74, 6) is -8.69. The zero-order chi connectivity index (χ0) is 22.5. The van der Waals surface area contributed by atoms with Crippen molar-refractivity contribution in [2.75, 3.05) is 14.2 Å². The van der Waals surface area contributed by atoms with Gasteiger partial charge in [0.1, 0.15) is 5.92 Å². The fourth-order valence-corrected chi connectivity index (χ4v) is 3.82. The standard InChI is InChI=1S/C23H21NO7/c1-30-22(28)16-15(13-9-5-3-6-10-13)18(20(26)17(19(16)25)23(29)31-2)24-21(27)14-11-7-4-8-12-14/h3-12,15-18H,1-2H3,(H,24,27)/t15-,16?,17?,18+/m1/s1. The molecule has 8 heteroatoms. The molecule has 0 radical (unpaired) electrons. The van der Waals surface area contributed by atoms with Gasteiger partial charge in [-0.3, -0.25) is 24.0 Å². The normalized spacial score (nSPS) is 23.0. The number of carbonyl (C=O) groups excluding carboxylic acids is 5. The first-order chi connectivity index (χ1) is 14.9. The van der Waals surface area contributed by atoms with Gasteiger partial charge in [-0.1, -0.05) is 48.5 Å². The van der Waals surface area contributed by atoms with E-state index in [1.54, 1.807) is 60.7 Å². The summed E-state index contributed by atoms with van der Waals surface area (Å²) in [5, 5.41) is 2.62. The molecule has 160 valence electrons. The summed E-state index contributed by atoms with van der Waals surface area (Å²) in [4.78, 5) is 64.0. The Morgan fingerprint density at radius 2 is 1.32 bits per heavy atom. The number of hydrogen-bond donors (Lipinski definition) is 1. The van der Waals surface area contributed by atoms with E-state index in [-0.39, 0.29) is 5.56 Å². The van der Waals surface area contributed by atoms with Crippen molar-refractivity contribution in [3.05, 3.63) is 71.8 Å². The first kappa shape index (κ1) is 21.9. The Morgan fingerprint density at radius 3 is 1.87 bits per heavy atom. The molecule has 0 aromatic heterocycles. The number of hydrogen-bond acceptors (Lipinski definition) is 7. The molecule has 1 N–H and O–H groups in total. The Balaban J connectivity index is 2.12. The van der Waals surface area contributed by atoms with Crippen LogP contribution >= 0.6 is 0 Å². The lowest BCUT2D eigenvalue weighted by Gasteiger charge is -2.38. The maximum atomic E-state index is 13.3. The monoisotopic (exact) mass is 423 g/mol. The smallest absolute Gasteiger partial charge is 0.323 e. The van der Waals surface area contributed by atoms with Crippen LogP contribution in [0.2, 0.25) is 0 Å². The van der Waals surface area contributed by atoms with Crippen molar-refractivity contribution < 1.29 is 33.4 Å². The van der Waals surface area contributed by atoms with E-state index in [4.69, 9.17) is 4.74 Å². The number of nitrogens with one attached hydrogen (secondary N) is 1. The summed E-state index contributed by atoms with van der Waals surface area (Å²) < 4.78 is 9.44. The molecule has 2 aromatic rings. The first-order valence-electron chi connectivity index (χ1n) is 9.54. The molecule has 3 rings (SSSR count). The third-order valence-electron chi connectivity index (χ3n) is 5.30. The summed E-state index contributed by atoms with van der Waals surface area (Å²) in [6.07, 6.45) is 0. The fourth-order valence-electron chi connectivity index (χ4n) is 3.82. The topological polar surface area (TPSA) is 116 Å². The summed E-state index contributed by atoms with van der Waals surface area (Å²) in [5.41, 5.74) is 0.754. The van der Waals surface area contributed by atoms with Crippen LogP contribution in [0.4, 0.5) is 0 Å². The molecule has 31 heavy (non-hydrogen) atoms. The van der Waals surface area contributed by atoms with Crippen molar-refractivity contribution in [2.45, 2.75) is 12.0 Å². The molecule has 1 saturated carbocycles. The highest BCUT2D eigenvalue weighted by atomic mass is 16.5. The molecule has 1 fully saturated rings. The number of methoxy groups -OCH3 is 2. The minimum atomic E-state index is -1.84. The van der Waals surface area contributed by atoms with Gasteiger partial charge in [0.25, 0.3) is 5.91 Å². The van der Waals surface area contributed by atoms with Crippen LogP contribution in [0.15, 0.2) is 60.7 Å². The van der Waals surface area contributed by atoms with Crippen molar-refractivity contribution >= 4 is 29.4 Å². The number of amides is 1. The van der Waals surface area contributed by atoms with Crippen LogP contribution in [-0.4, -0.2) is 49.7 Å². The summed E-state index contributed by atoms with van der Waals surface area (Å²) >= 11 is 0. The molecule has 0 saturated heterocycles. The van der Waals surface area contributed by atoms with E-state index in [1.807, 2.05) is 0 Å². The number of rotatable bonds is 5. The summed E-state index contributed by atoms with van der Waals surface area (Å²) in [7, 11) is 2.15. The maximum absolute atomic E-state index is 13.3. The maximum Gasteiger partial charge on any atom is 0.323 e. The summed E-state index contributed by atoms with van der Waals surface area (Å²) in [6.45, 7) is 0. The predicted octanol–water partition coefficient (Wildman–Crippen LogP) is 1.30. The predicted molar refractivity (Wildman–Crippen MR) is 108 cm³/mol. The van der Waals surface area contributed by atoms with Gasteiger partial charge in [-0.25, -0.2) is 0 Å². The van der Waals surface area contributed by atoms with Gasteiger partial charge >= 0.3 is 11.9 Å². The zero-order valence-electron chi connectivity index (χ0n) is 16.9.